The Balaban J connectivity index is 0.000000965. The van der Waals surface area contributed by atoms with Gasteiger partial charge in [0.1, 0.15) is 18.1 Å². The van der Waals surface area contributed by atoms with Crippen molar-refractivity contribution in [3.8, 4) is 0 Å². The fraction of sp³-hybridized carbons (Fsp3) is 0.588. The second-order valence-electron chi connectivity index (χ2n) is 12.1. The number of carbonyl (C=O) groups excluding carboxylic acids is 11. The summed E-state index contributed by atoms with van der Waals surface area (Å²) in [6, 6.07) is -3.28. The Bertz CT molecular complexity index is 1560. The maximum absolute atomic E-state index is 11.8. The quantitative estimate of drug-likeness (QED) is 0.0512. The van der Waals surface area contributed by atoms with E-state index in [4.69, 9.17) is 15.3 Å². The highest BCUT2D eigenvalue weighted by molar-refractivity contribution is 8.14. The highest BCUT2D eigenvalue weighted by Gasteiger charge is 2.35. The van der Waals surface area contributed by atoms with E-state index in [2.05, 4.69) is 38.3 Å². The van der Waals surface area contributed by atoms with Gasteiger partial charge in [-0.05, 0) is 0 Å². The molecule has 3 atom stereocenters. The molecular weight excluding hydrogens is 879 g/mol. The summed E-state index contributed by atoms with van der Waals surface area (Å²) in [6.45, 7) is 4.80. The van der Waals surface area contributed by atoms with Crippen molar-refractivity contribution >= 4 is 118 Å². The predicted molar refractivity (Wildman–Crippen MR) is 211 cm³/mol. The zero-order valence-electron chi connectivity index (χ0n) is 33.2. The Labute approximate surface area is 361 Å². The van der Waals surface area contributed by atoms with E-state index in [1.807, 2.05) is 0 Å². The van der Waals surface area contributed by atoms with Gasteiger partial charge in [-0.2, -0.15) is 12.6 Å². The molecule has 24 nitrogen and oxygen atoms in total. The first kappa shape index (κ1) is 55.4. The number of hydroxylamine groups is 4. The minimum atomic E-state index is -1.26. The van der Waals surface area contributed by atoms with Crippen LogP contribution in [0.25, 0.3) is 0 Å². The molecule has 0 aromatic rings. The average Bonchev–Trinajstić information content (AvgIpc) is 3.71. The van der Waals surface area contributed by atoms with Crippen LogP contribution in [0.3, 0.4) is 0 Å². The third kappa shape index (κ3) is 23.1. The fourth-order valence-electron chi connectivity index (χ4n) is 3.94. The molecule has 0 saturated carbocycles. The van der Waals surface area contributed by atoms with Crippen molar-refractivity contribution in [3.05, 3.63) is 0 Å². The summed E-state index contributed by atoms with van der Waals surface area (Å²) in [5, 5.41) is 33.2. The molecule has 0 aromatic carbocycles. The van der Waals surface area contributed by atoms with Gasteiger partial charge in [-0.1, -0.05) is 44.3 Å². The molecule has 27 heteroatoms. The van der Waals surface area contributed by atoms with Crippen LogP contribution >= 0.6 is 36.2 Å². The Hall–Kier alpha value is -5.57. The van der Waals surface area contributed by atoms with E-state index in [-0.39, 0.29) is 81.0 Å². The summed E-state index contributed by atoms with van der Waals surface area (Å²) in [4.78, 5) is 166. The van der Waals surface area contributed by atoms with Gasteiger partial charge in [0.15, 0.2) is 10.2 Å². The lowest BCUT2D eigenvalue weighted by Gasteiger charge is -2.13. The second-order valence-corrected chi connectivity index (χ2v) is 14.6. The van der Waals surface area contributed by atoms with Crippen LogP contribution in [0.4, 0.5) is 0 Å². The lowest BCUT2D eigenvalue weighted by atomic mass is 10.3. The third-order valence-electron chi connectivity index (χ3n) is 7.33. The number of rotatable bonds is 22. The first-order chi connectivity index (χ1) is 28.6. The van der Waals surface area contributed by atoms with E-state index in [1.54, 1.807) is 20.8 Å². The molecule has 0 aromatic heterocycles. The topological polar surface area (TPSA) is 361 Å². The molecule has 340 valence electrons. The summed E-state index contributed by atoms with van der Waals surface area (Å²) in [6.07, 6.45) is -0.849. The van der Waals surface area contributed by atoms with E-state index in [0.717, 1.165) is 0 Å². The highest BCUT2D eigenvalue weighted by atomic mass is 32.2. The standard InChI is InChI=1S/C16H24N2O8S2.C12H12N2O8.C6H11NO3S/c1-3-11(19)17-9(15(23)24)7-27-13(21)5-6-14(22)28-8-10(16(25)26)18-12(20)4-2;15-7-1-2-8(16)13(7)21-11(19)5-6-12(20)22-14-9(17)3-4-10(14)18;1-2-5(8)7-4(3-11)6(9)10/h9-10H,3-8H2,1-2H3,(H,17,19)(H,18,20)(H,23,24)(H,25,26);1-6H2;4,11H,2-3H2,1H3,(H,7,8)(H,9,10)/t9-,10-;;4-/m0.0/s1. The zero-order valence-corrected chi connectivity index (χ0v) is 35.7. The van der Waals surface area contributed by atoms with Gasteiger partial charge in [-0.15, -0.1) is 10.1 Å². The number of thioether (sulfide) groups is 2. The van der Waals surface area contributed by atoms with Crippen molar-refractivity contribution < 1.29 is 92.1 Å². The minimum Gasteiger partial charge on any atom is -0.480 e. The number of aliphatic carboxylic acids is 3. The highest BCUT2D eigenvalue weighted by Crippen LogP contribution is 2.16. The van der Waals surface area contributed by atoms with Crippen molar-refractivity contribution in [1.82, 2.24) is 26.1 Å². The number of nitrogens with one attached hydrogen (secondary N) is 3. The zero-order chi connectivity index (χ0) is 46.8. The van der Waals surface area contributed by atoms with Crippen LogP contribution in [0.5, 0.6) is 0 Å². The van der Waals surface area contributed by atoms with Crippen LogP contribution in [-0.2, 0) is 76.8 Å². The maximum atomic E-state index is 11.8. The summed E-state index contributed by atoms with van der Waals surface area (Å²) >= 11 is 5.17. The van der Waals surface area contributed by atoms with Crippen LogP contribution in [0.2, 0.25) is 0 Å². The predicted octanol–water partition coefficient (Wildman–Crippen LogP) is -0.878. The molecule has 0 unspecified atom stereocenters. The Morgan fingerprint density at radius 3 is 1.07 bits per heavy atom. The summed E-state index contributed by atoms with van der Waals surface area (Å²) in [5.41, 5.74) is 0. The van der Waals surface area contributed by atoms with Gasteiger partial charge < -0.3 is 40.9 Å². The van der Waals surface area contributed by atoms with Crippen molar-refractivity contribution in [2.24, 2.45) is 0 Å². The largest absolute Gasteiger partial charge is 0.480 e. The number of imide groups is 2. The van der Waals surface area contributed by atoms with E-state index in [1.165, 1.54) is 0 Å². The molecule has 2 fully saturated rings. The Kier molecular flexibility index (Phi) is 26.9. The van der Waals surface area contributed by atoms with Gasteiger partial charge in [0.05, 0.1) is 12.8 Å². The first-order valence-corrected chi connectivity index (χ1v) is 20.8. The molecule has 0 bridgehead atoms. The molecule has 2 heterocycles. The smallest absolute Gasteiger partial charge is 0.333 e. The third-order valence-corrected chi connectivity index (χ3v) is 9.75. The number of hydrogen-bond acceptors (Lipinski definition) is 19. The molecule has 0 radical (unpaired) electrons. The van der Waals surface area contributed by atoms with E-state index in [9.17, 15) is 67.1 Å². The van der Waals surface area contributed by atoms with Gasteiger partial charge in [0.25, 0.3) is 23.6 Å². The molecule has 2 aliphatic rings. The van der Waals surface area contributed by atoms with Crippen molar-refractivity contribution in [1.29, 1.82) is 0 Å². The lowest BCUT2D eigenvalue weighted by molar-refractivity contribution is -0.201. The molecule has 7 amide bonds. The van der Waals surface area contributed by atoms with Gasteiger partial charge >= 0.3 is 29.8 Å². The van der Waals surface area contributed by atoms with E-state index < -0.39 is 106 Å². The number of carboxylic acid groups (broad SMARTS) is 3. The van der Waals surface area contributed by atoms with Crippen LogP contribution < -0.4 is 16.0 Å². The molecule has 2 aliphatic heterocycles. The van der Waals surface area contributed by atoms with Gasteiger partial charge in [0.2, 0.25) is 17.7 Å². The Morgan fingerprint density at radius 2 is 0.820 bits per heavy atom. The molecule has 2 rings (SSSR count). The molecule has 0 spiro atoms. The van der Waals surface area contributed by atoms with Gasteiger partial charge in [-0.3, -0.25) is 43.2 Å². The van der Waals surface area contributed by atoms with Crippen LogP contribution in [0, 0.1) is 0 Å². The van der Waals surface area contributed by atoms with Crippen LogP contribution in [-0.4, -0.2) is 142 Å². The number of thiol groups is 1. The van der Waals surface area contributed by atoms with Crippen LogP contribution in [0.15, 0.2) is 0 Å². The Morgan fingerprint density at radius 1 is 0.541 bits per heavy atom. The molecule has 6 N–H and O–H groups in total. The number of carbonyl (C=O) groups is 14. The number of carboxylic acids is 3. The van der Waals surface area contributed by atoms with E-state index >= 15 is 0 Å². The molecule has 2 saturated heterocycles. The monoisotopic (exact) mass is 925 g/mol. The number of amides is 7. The van der Waals surface area contributed by atoms with Gasteiger partial charge in [0, 0.05) is 75.0 Å². The van der Waals surface area contributed by atoms with Crippen molar-refractivity contribution in [3.63, 3.8) is 0 Å². The fourth-order valence-corrected chi connectivity index (χ4v) is 5.84. The minimum absolute atomic E-state index is 0.0344. The summed E-state index contributed by atoms with van der Waals surface area (Å²) in [5.74, 6) is -9.42. The van der Waals surface area contributed by atoms with Crippen LogP contribution in [0.1, 0.15) is 91.4 Å². The van der Waals surface area contributed by atoms with Gasteiger partial charge in [-0.25, -0.2) is 24.0 Å². The number of nitrogens with zero attached hydrogens (tertiary/aromatic N) is 2. The SMILES string of the molecule is CCC(=O)N[C@@H](CS)C(=O)O.CCC(=O)N[C@@H](CSC(=O)CCC(=O)SC[C@H](NC(=O)CC)C(=O)O)C(=O)O.O=C(CCC(=O)ON1C(=O)CCC1=O)ON1C(=O)CCC1=O. The number of hydrogen-bond donors (Lipinski definition) is 7. The normalized spacial score (nSPS) is 14.5. The summed E-state index contributed by atoms with van der Waals surface area (Å²) in [7, 11) is 0. The molecular formula is C34H47N5O19S3. The summed E-state index contributed by atoms with van der Waals surface area (Å²) < 4.78 is 0. The molecule has 0 aliphatic carbocycles. The van der Waals surface area contributed by atoms with Crippen molar-refractivity contribution in [2.75, 3.05) is 17.3 Å². The maximum Gasteiger partial charge on any atom is 0.333 e. The average molecular weight is 926 g/mol. The second kappa shape index (κ2) is 29.6. The first-order valence-electron chi connectivity index (χ1n) is 18.2. The molecule has 61 heavy (non-hydrogen) atoms. The van der Waals surface area contributed by atoms with E-state index in [0.29, 0.717) is 33.7 Å². The lowest BCUT2D eigenvalue weighted by Crippen LogP contribution is -2.42. The van der Waals surface area contributed by atoms with Crippen molar-refractivity contribution in [2.45, 2.75) is 110 Å².